The number of fused-ring (bicyclic) bond motifs is 3. The molecule has 0 aliphatic carbocycles. The van der Waals surface area contributed by atoms with Crippen LogP contribution in [0.25, 0.3) is 0 Å². The minimum atomic E-state index is -1.30. The molecule has 0 aromatic rings. The van der Waals surface area contributed by atoms with Crippen molar-refractivity contribution in [3.8, 4) is 0 Å². The van der Waals surface area contributed by atoms with Gasteiger partial charge in [0.1, 0.15) is 5.60 Å². The maximum atomic E-state index is 12.4. The fourth-order valence-electron chi connectivity index (χ4n) is 3.61. The van der Waals surface area contributed by atoms with E-state index in [2.05, 4.69) is 10.6 Å². The van der Waals surface area contributed by atoms with Crippen LogP contribution in [0.15, 0.2) is 12.2 Å². The summed E-state index contributed by atoms with van der Waals surface area (Å²) < 4.78 is 15.5. The first kappa shape index (κ1) is 15.0. The number of carbonyl (C=O) groups excluding carboxylic acids is 3. The van der Waals surface area contributed by atoms with Gasteiger partial charge < -0.3 is 24.8 Å². The van der Waals surface area contributed by atoms with E-state index in [-0.39, 0.29) is 24.5 Å². The molecule has 0 spiro atoms. The van der Waals surface area contributed by atoms with Gasteiger partial charge >= 0.3 is 11.9 Å². The third-order valence-corrected chi connectivity index (χ3v) is 4.54. The Hall–Kier alpha value is -1.93. The van der Waals surface area contributed by atoms with Crippen molar-refractivity contribution in [1.29, 1.82) is 0 Å². The SMILES string of the molecule is COC(=O)C[C@@]12O[C@H]3C=CCN[C@H]3[C@@H]1C(=O)N[C@H]2C(=O)OC. The summed E-state index contributed by atoms with van der Waals surface area (Å²) >= 11 is 0. The van der Waals surface area contributed by atoms with Gasteiger partial charge in [-0.1, -0.05) is 12.2 Å². The van der Waals surface area contributed by atoms with Crippen molar-refractivity contribution >= 4 is 17.8 Å². The Balaban J connectivity index is 2.02. The smallest absolute Gasteiger partial charge is 0.331 e. The van der Waals surface area contributed by atoms with Gasteiger partial charge in [-0.05, 0) is 0 Å². The second-order valence-electron chi connectivity index (χ2n) is 5.59. The van der Waals surface area contributed by atoms with Gasteiger partial charge in [-0.2, -0.15) is 0 Å². The molecule has 2 saturated heterocycles. The van der Waals surface area contributed by atoms with E-state index in [1.54, 1.807) is 0 Å². The lowest BCUT2D eigenvalue weighted by Gasteiger charge is -2.30. The average molecular weight is 310 g/mol. The fraction of sp³-hybridized carbons (Fsp3) is 0.643. The number of hydrogen-bond donors (Lipinski definition) is 2. The lowest BCUT2D eigenvalue weighted by Crippen LogP contribution is -2.53. The van der Waals surface area contributed by atoms with Crippen LogP contribution in [0.3, 0.4) is 0 Å². The molecule has 8 heteroatoms. The number of esters is 2. The normalized spacial score (nSPS) is 38.9. The van der Waals surface area contributed by atoms with Gasteiger partial charge in [-0.3, -0.25) is 9.59 Å². The highest BCUT2D eigenvalue weighted by molar-refractivity contribution is 5.95. The number of carbonyl (C=O) groups is 3. The Labute approximate surface area is 127 Å². The third kappa shape index (κ3) is 2.02. The van der Waals surface area contributed by atoms with Gasteiger partial charge in [0.05, 0.1) is 38.7 Å². The van der Waals surface area contributed by atoms with Crippen LogP contribution < -0.4 is 10.6 Å². The van der Waals surface area contributed by atoms with Crippen LogP contribution in [0.1, 0.15) is 6.42 Å². The number of ether oxygens (including phenoxy) is 3. The molecule has 3 heterocycles. The van der Waals surface area contributed by atoms with Crippen LogP contribution in [-0.4, -0.2) is 62.4 Å². The first-order valence-corrected chi connectivity index (χ1v) is 7.06. The van der Waals surface area contributed by atoms with E-state index in [0.29, 0.717) is 6.54 Å². The lowest BCUT2D eigenvalue weighted by atomic mass is 9.79. The van der Waals surface area contributed by atoms with Crippen LogP contribution >= 0.6 is 0 Å². The highest BCUT2D eigenvalue weighted by Crippen LogP contribution is 2.47. The van der Waals surface area contributed by atoms with E-state index in [1.807, 2.05) is 12.2 Å². The molecule has 0 radical (unpaired) electrons. The number of methoxy groups -OCH3 is 2. The molecule has 5 atom stereocenters. The highest BCUT2D eigenvalue weighted by Gasteiger charge is 2.68. The second kappa shape index (κ2) is 5.36. The summed E-state index contributed by atoms with van der Waals surface area (Å²) in [6.07, 6.45) is 3.16. The van der Waals surface area contributed by atoms with Crippen molar-refractivity contribution in [3.05, 3.63) is 12.2 Å². The zero-order valence-electron chi connectivity index (χ0n) is 12.3. The average Bonchev–Trinajstić information content (AvgIpc) is 2.98. The van der Waals surface area contributed by atoms with E-state index in [0.717, 1.165) is 0 Å². The maximum absolute atomic E-state index is 12.4. The zero-order valence-corrected chi connectivity index (χ0v) is 12.3. The topological polar surface area (TPSA) is 103 Å². The molecule has 0 saturated carbocycles. The Morgan fingerprint density at radius 3 is 2.86 bits per heavy atom. The lowest BCUT2D eigenvalue weighted by molar-refractivity contribution is -0.158. The first-order valence-electron chi connectivity index (χ1n) is 7.06. The quantitative estimate of drug-likeness (QED) is 0.483. The van der Waals surface area contributed by atoms with Crippen molar-refractivity contribution in [2.75, 3.05) is 20.8 Å². The fourth-order valence-corrected chi connectivity index (χ4v) is 3.61. The van der Waals surface area contributed by atoms with Crippen LogP contribution in [0.4, 0.5) is 0 Å². The summed E-state index contributed by atoms with van der Waals surface area (Å²) in [7, 11) is 2.49. The molecule has 1 amide bonds. The van der Waals surface area contributed by atoms with E-state index in [4.69, 9.17) is 14.2 Å². The first-order chi connectivity index (χ1) is 10.5. The number of nitrogens with one attached hydrogen (secondary N) is 2. The van der Waals surface area contributed by atoms with E-state index in [9.17, 15) is 14.4 Å². The Kier molecular flexibility index (Phi) is 3.65. The molecule has 3 aliphatic rings. The van der Waals surface area contributed by atoms with Crippen molar-refractivity contribution in [2.45, 2.75) is 30.2 Å². The predicted molar refractivity (Wildman–Crippen MR) is 72.6 cm³/mol. The monoisotopic (exact) mass is 310 g/mol. The van der Waals surface area contributed by atoms with Crippen molar-refractivity contribution < 1.29 is 28.6 Å². The summed E-state index contributed by atoms with van der Waals surface area (Å²) in [6.45, 7) is 0.603. The van der Waals surface area contributed by atoms with Gasteiger partial charge in [-0.25, -0.2) is 4.79 Å². The zero-order chi connectivity index (χ0) is 15.9. The Morgan fingerprint density at radius 2 is 2.18 bits per heavy atom. The number of hydrogen-bond acceptors (Lipinski definition) is 7. The molecule has 0 bridgehead atoms. The van der Waals surface area contributed by atoms with E-state index >= 15 is 0 Å². The summed E-state index contributed by atoms with van der Waals surface area (Å²) in [5.41, 5.74) is -1.30. The second-order valence-corrected chi connectivity index (χ2v) is 5.59. The molecule has 0 unspecified atom stereocenters. The summed E-state index contributed by atoms with van der Waals surface area (Å²) in [5.74, 6) is -2.17. The third-order valence-electron chi connectivity index (χ3n) is 4.54. The maximum Gasteiger partial charge on any atom is 0.331 e. The van der Waals surface area contributed by atoms with Crippen molar-refractivity contribution in [1.82, 2.24) is 10.6 Å². The molecule has 3 rings (SSSR count). The highest BCUT2D eigenvalue weighted by atomic mass is 16.6. The Bertz CT molecular complexity index is 547. The van der Waals surface area contributed by atoms with E-state index < -0.39 is 29.5 Å². The number of amides is 1. The van der Waals surface area contributed by atoms with Crippen LogP contribution in [-0.2, 0) is 28.6 Å². The molecule has 8 nitrogen and oxygen atoms in total. The van der Waals surface area contributed by atoms with E-state index in [1.165, 1.54) is 14.2 Å². The summed E-state index contributed by atoms with van der Waals surface area (Å²) in [5, 5.41) is 5.80. The van der Waals surface area contributed by atoms with Crippen LogP contribution in [0.2, 0.25) is 0 Å². The minimum absolute atomic E-state index is 0.199. The minimum Gasteiger partial charge on any atom is -0.469 e. The molecule has 0 aromatic carbocycles. The summed E-state index contributed by atoms with van der Waals surface area (Å²) in [4.78, 5) is 36.3. The molecule has 0 aromatic heterocycles. The Morgan fingerprint density at radius 1 is 1.41 bits per heavy atom. The molecular formula is C14H18N2O6. The van der Waals surface area contributed by atoms with Gasteiger partial charge in [0.2, 0.25) is 5.91 Å². The van der Waals surface area contributed by atoms with Gasteiger partial charge in [0.15, 0.2) is 6.04 Å². The standard InChI is InChI=1S/C14H18N2O6/c1-20-8(17)6-14-9(10-7(22-14)4-3-5-15-10)12(18)16-11(14)13(19)21-2/h3-4,7,9-11,15H,5-6H2,1-2H3,(H,16,18)/t7-,9+,10+,11-,14+/m0/s1. The molecule has 22 heavy (non-hydrogen) atoms. The molecule has 2 N–H and O–H groups in total. The van der Waals surface area contributed by atoms with Gasteiger partial charge in [-0.15, -0.1) is 0 Å². The van der Waals surface area contributed by atoms with Crippen molar-refractivity contribution in [3.63, 3.8) is 0 Å². The van der Waals surface area contributed by atoms with Gasteiger partial charge in [0, 0.05) is 6.54 Å². The molecular weight excluding hydrogens is 292 g/mol. The number of rotatable bonds is 3. The molecule has 2 fully saturated rings. The molecule has 120 valence electrons. The van der Waals surface area contributed by atoms with Gasteiger partial charge in [0.25, 0.3) is 0 Å². The predicted octanol–water partition coefficient (Wildman–Crippen LogP) is -1.50. The summed E-state index contributed by atoms with van der Waals surface area (Å²) in [6, 6.07) is -1.32. The van der Waals surface area contributed by atoms with Crippen LogP contribution in [0, 0.1) is 5.92 Å². The largest absolute Gasteiger partial charge is 0.469 e. The van der Waals surface area contributed by atoms with Crippen molar-refractivity contribution in [2.24, 2.45) is 5.92 Å². The molecule has 3 aliphatic heterocycles. The van der Waals surface area contributed by atoms with Crippen LogP contribution in [0.5, 0.6) is 0 Å².